The third-order valence-corrected chi connectivity index (χ3v) is 4.06. The molecule has 0 aliphatic rings. The van der Waals surface area contributed by atoms with E-state index in [1.807, 2.05) is 30.3 Å². The predicted molar refractivity (Wildman–Crippen MR) is 115 cm³/mol. The van der Waals surface area contributed by atoms with Crippen molar-refractivity contribution >= 4 is 34.8 Å². The van der Waals surface area contributed by atoms with Gasteiger partial charge in [0, 0.05) is 5.69 Å². The van der Waals surface area contributed by atoms with Crippen molar-refractivity contribution in [3.63, 3.8) is 0 Å². The van der Waals surface area contributed by atoms with Crippen LogP contribution in [0.3, 0.4) is 0 Å². The summed E-state index contributed by atoms with van der Waals surface area (Å²) >= 11 is 0. The van der Waals surface area contributed by atoms with Gasteiger partial charge in [0.2, 0.25) is 0 Å². The zero-order chi connectivity index (χ0) is 22.8. The van der Waals surface area contributed by atoms with Crippen LogP contribution in [0.4, 0.5) is 21.5 Å². The van der Waals surface area contributed by atoms with Gasteiger partial charge in [-0.3, -0.25) is 14.4 Å². The van der Waals surface area contributed by atoms with Crippen molar-refractivity contribution in [2.75, 3.05) is 18.5 Å². The smallest absolute Gasteiger partial charge is 0.325 e. The minimum atomic E-state index is -0.832. The molecule has 0 heterocycles. The van der Waals surface area contributed by atoms with Gasteiger partial charge in [0.05, 0.1) is 16.9 Å². The van der Waals surface area contributed by atoms with Crippen molar-refractivity contribution in [3.8, 4) is 0 Å². The van der Waals surface area contributed by atoms with Gasteiger partial charge in [-0.25, -0.2) is 4.39 Å². The summed E-state index contributed by atoms with van der Waals surface area (Å²) in [5, 5.41) is 13.0. The average Bonchev–Trinajstić information content (AvgIpc) is 2.82. The van der Waals surface area contributed by atoms with Gasteiger partial charge in [0.25, 0.3) is 11.8 Å². The maximum Gasteiger partial charge on any atom is 0.325 e. The lowest BCUT2D eigenvalue weighted by atomic mass is 10.2. The number of hydrogen-bond donors (Lipinski definition) is 2. The van der Waals surface area contributed by atoms with Crippen molar-refractivity contribution in [1.29, 1.82) is 0 Å². The van der Waals surface area contributed by atoms with E-state index in [1.54, 1.807) is 24.3 Å². The van der Waals surface area contributed by atoms with E-state index < -0.39 is 36.8 Å². The molecule has 0 unspecified atom stereocenters. The van der Waals surface area contributed by atoms with Crippen LogP contribution in [0.15, 0.2) is 89.1 Å². The van der Waals surface area contributed by atoms with Gasteiger partial charge < -0.3 is 15.4 Å². The molecule has 0 saturated carbocycles. The Bertz CT molecular complexity index is 1120. The lowest BCUT2D eigenvalue weighted by Crippen LogP contribution is -2.32. The topological polar surface area (TPSA) is 109 Å². The van der Waals surface area contributed by atoms with Gasteiger partial charge in [-0.15, -0.1) is 0 Å². The summed E-state index contributed by atoms with van der Waals surface area (Å²) in [4.78, 5) is 35.5. The van der Waals surface area contributed by atoms with Crippen LogP contribution in [0.1, 0.15) is 10.4 Å². The highest BCUT2D eigenvalue weighted by Crippen LogP contribution is 2.20. The largest absolute Gasteiger partial charge is 0.454 e. The molecule has 0 spiro atoms. The molecule has 3 aromatic carbocycles. The zero-order valence-electron chi connectivity index (χ0n) is 16.8. The van der Waals surface area contributed by atoms with E-state index in [1.165, 1.54) is 18.2 Å². The molecule has 0 saturated heterocycles. The molecule has 8 nitrogen and oxygen atoms in total. The number of rotatable bonds is 8. The molecule has 3 rings (SSSR count). The summed E-state index contributed by atoms with van der Waals surface area (Å²) in [6, 6.07) is 21.2. The number of nitrogens with zero attached hydrogens (tertiary/aromatic N) is 2. The number of amides is 2. The van der Waals surface area contributed by atoms with Crippen molar-refractivity contribution in [3.05, 3.63) is 90.2 Å². The first kappa shape index (κ1) is 22.3. The highest BCUT2D eigenvalue weighted by atomic mass is 19.1. The van der Waals surface area contributed by atoms with E-state index in [9.17, 15) is 18.8 Å². The molecule has 0 atom stereocenters. The number of carbonyl (C=O) groups excluding carboxylic acids is 3. The van der Waals surface area contributed by atoms with E-state index >= 15 is 0 Å². The normalized spacial score (nSPS) is 10.5. The van der Waals surface area contributed by atoms with E-state index in [-0.39, 0.29) is 5.56 Å². The molecule has 2 N–H and O–H groups in total. The van der Waals surface area contributed by atoms with Crippen LogP contribution in [0.5, 0.6) is 0 Å². The summed E-state index contributed by atoms with van der Waals surface area (Å²) in [7, 11) is 0. The van der Waals surface area contributed by atoms with Gasteiger partial charge in [-0.05, 0) is 48.5 Å². The first-order valence-electron chi connectivity index (χ1n) is 9.56. The lowest BCUT2D eigenvalue weighted by molar-refractivity contribution is -0.146. The fourth-order valence-corrected chi connectivity index (χ4v) is 2.51. The van der Waals surface area contributed by atoms with E-state index in [4.69, 9.17) is 4.74 Å². The molecule has 0 bridgehead atoms. The number of halogens is 1. The minimum absolute atomic E-state index is 0.190. The number of anilines is 1. The quantitative estimate of drug-likeness (QED) is 0.410. The number of ether oxygens (including phenoxy) is 1. The number of azo groups is 1. The van der Waals surface area contributed by atoms with Crippen LogP contribution in [0.2, 0.25) is 0 Å². The molecule has 0 radical (unpaired) electrons. The zero-order valence-corrected chi connectivity index (χ0v) is 16.8. The first-order chi connectivity index (χ1) is 15.5. The molecular weight excluding hydrogens is 415 g/mol. The Morgan fingerprint density at radius 1 is 0.812 bits per heavy atom. The Kier molecular flexibility index (Phi) is 7.74. The summed E-state index contributed by atoms with van der Waals surface area (Å²) in [5.41, 5.74) is 1.61. The molecule has 162 valence electrons. The second-order valence-electron chi connectivity index (χ2n) is 6.45. The van der Waals surface area contributed by atoms with Crippen LogP contribution in [0.25, 0.3) is 0 Å². The van der Waals surface area contributed by atoms with Gasteiger partial charge >= 0.3 is 5.97 Å². The van der Waals surface area contributed by atoms with Crippen LogP contribution in [0, 0.1) is 5.82 Å². The van der Waals surface area contributed by atoms with Gasteiger partial charge in [-0.1, -0.05) is 30.3 Å². The van der Waals surface area contributed by atoms with Gasteiger partial charge in [0.15, 0.2) is 6.61 Å². The van der Waals surface area contributed by atoms with Crippen molar-refractivity contribution < 1.29 is 23.5 Å². The molecule has 32 heavy (non-hydrogen) atoms. The van der Waals surface area contributed by atoms with Crippen LogP contribution in [-0.2, 0) is 14.3 Å². The molecule has 2 amide bonds. The van der Waals surface area contributed by atoms with E-state index in [0.717, 1.165) is 11.8 Å². The van der Waals surface area contributed by atoms with E-state index in [2.05, 4.69) is 20.9 Å². The summed E-state index contributed by atoms with van der Waals surface area (Å²) < 4.78 is 18.3. The van der Waals surface area contributed by atoms with E-state index in [0.29, 0.717) is 11.4 Å². The fourth-order valence-electron chi connectivity index (χ4n) is 2.51. The van der Waals surface area contributed by atoms with Crippen molar-refractivity contribution in [2.45, 2.75) is 0 Å². The molecule has 0 aliphatic heterocycles. The minimum Gasteiger partial charge on any atom is -0.454 e. The summed E-state index contributed by atoms with van der Waals surface area (Å²) in [6.45, 7) is -1.04. The molecule has 3 aromatic rings. The fraction of sp³-hybridized carbons (Fsp3) is 0.0870. The predicted octanol–water partition coefficient (Wildman–Crippen LogP) is 4.15. The van der Waals surface area contributed by atoms with Crippen LogP contribution >= 0.6 is 0 Å². The number of carbonyl (C=O) groups is 3. The Balaban J connectivity index is 1.40. The monoisotopic (exact) mass is 434 g/mol. The third kappa shape index (κ3) is 6.84. The summed E-state index contributed by atoms with van der Waals surface area (Å²) in [5.74, 6) is -2.85. The average molecular weight is 434 g/mol. The highest BCUT2D eigenvalue weighted by Gasteiger charge is 2.13. The second-order valence-corrected chi connectivity index (χ2v) is 6.45. The molecule has 0 fully saturated rings. The molecule has 0 aromatic heterocycles. The third-order valence-electron chi connectivity index (χ3n) is 4.06. The molecular formula is C23H19FN4O4. The summed E-state index contributed by atoms with van der Waals surface area (Å²) in [6.07, 6.45) is 0. The highest BCUT2D eigenvalue weighted by molar-refractivity contribution is 5.96. The maximum atomic E-state index is 13.5. The molecule has 0 aliphatic carbocycles. The van der Waals surface area contributed by atoms with Crippen LogP contribution < -0.4 is 10.6 Å². The number of esters is 1. The van der Waals surface area contributed by atoms with Crippen molar-refractivity contribution in [2.24, 2.45) is 10.2 Å². The Labute approximate surface area is 183 Å². The second kappa shape index (κ2) is 11.1. The Morgan fingerprint density at radius 2 is 1.44 bits per heavy atom. The van der Waals surface area contributed by atoms with Gasteiger partial charge in [-0.2, -0.15) is 10.2 Å². The standard InChI is InChI=1S/C23H19FN4O4/c24-20-9-5-4-8-19(20)23(31)25-14-22(30)32-15-21(29)26-16-10-12-18(13-11-16)28-27-17-6-2-1-3-7-17/h1-13H,14-15H2,(H,25,31)(H,26,29). The SMILES string of the molecule is O=C(COC(=O)CNC(=O)c1ccccc1F)Nc1ccc(N=Nc2ccccc2)cc1. The first-order valence-corrected chi connectivity index (χ1v) is 9.56. The molecule has 9 heteroatoms. The van der Waals surface area contributed by atoms with Crippen LogP contribution in [-0.4, -0.2) is 30.9 Å². The van der Waals surface area contributed by atoms with Crippen molar-refractivity contribution in [1.82, 2.24) is 5.32 Å². The number of benzene rings is 3. The van der Waals surface area contributed by atoms with Gasteiger partial charge in [0.1, 0.15) is 12.4 Å². The Morgan fingerprint density at radius 3 is 2.12 bits per heavy atom. The lowest BCUT2D eigenvalue weighted by Gasteiger charge is -2.08. The number of hydrogen-bond acceptors (Lipinski definition) is 6. The number of nitrogens with one attached hydrogen (secondary N) is 2. The Hall–Kier alpha value is -4.40. The maximum absolute atomic E-state index is 13.5.